The molecule has 0 aromatic heterocycles. The normalized spacial score (nSPS) is 12.0. The Kier molecular flexibility index (Phi) is 13.7. The third-order valence-electron chi connectivity index (χ3n) is 3.02. The number of carbonyl (C=O) groups is 2. The third kappa shape index (κ3) is 15.4. The van der Waals surface area contributed by atoms with Gasteiger partial charge in [-0.2, -0.15) is 0 Å². The number of rotatable bonds is 13. The van der Waals surface area contributed by atoms with Gasteiger partial charge >= 0.3 is 11.9 Å². The van der Waals surface area contributed by atoms with Gasteiger partial charge in [-0.05, 0) is 13.3 Å². The van der Waals surface area contributed by atoms with Crippen LogP contribution in [0.2, 0.25) is 0 Å². The van der Waals surface area contributed by atoms with Gasteiger partial charge < -0.3 is 9.47 Å². The number of hydrogen-bond donors (Lipinski definition) is 0. The van der Waals surface area contributed by atoms with E-state index in [9.17, 15) is 9.59 Å². The van der Waals surface area contributed by atoms with Crippen LogP contribution in [0, 0.1) is 0 Å². The average molecular weight is 321 g/mol. The van der Waals surface area contributed by atoms with Crippen molar-refractivity contribution in [2.75, 3.05) is 13.2 Å². The van der Waals surface area contributed by atoms with Crippen molar-refractivity contribution in [1.29, 1.82) is 0 Å². The molecule has 0 bridgehead atoms. The summed E-state index contributed by atoms with van der Waals surface area (Å²) in [5.74, 6) is -1.10. The highest BCUT2D eigenvalue weighted by atomic mass is 35.5. The second-order valence-electron chi connectivity index (χ2n) is 5.34. The van der Waals surface area contributed by atoms with Crippen LogP contribution in [0.4, 0.5) is 0 Å². The fourth-order valence-corrected chi connectivity index (χ4v) is 1.91. The molecule has 0 spiro atoms. The molecule has 1 atom stereocenters. The molecule has 4 nitrogen and oxygen atoms in total. The molecule has 0 amide bonds. The topological polar surface area (TPSA) is 52.6 Å². The van der Waals surface area contributed by atoms with E-state index in [0.29, 0.717) is 6.61 Å². The zero-order chi connectivity index (χ0) is 15.9. The number of esters is 2. The Hall–Kier alpha value is -0.770. The Morgan fingerprint density at radius 3 is 2.00 bits per heavy atom. The molecule has 0 aliphatic carbocycles. The first kappa shape index (κ1) is 20.2. The van der Waals surface area contributed by atoms with E-state index in [0.717, 1.165) is 12.8 Å². The minimum absolute atomic E-state index is 0.117. The Bertz CT molecular complexity index is 279. The monoisotopic (exact) mass is 320 g/mol. The zero-order valence-corrected chi connectivity index (χ0v) is 14.1. The summed E-state index contributed by atoms with van der Waals surface area (Å²) in [7, 11) is 0. The molecule has 0 aromatic rings. The number of carbonyl (C=O) groups excluding carboxylic acids is 2. The molecule has 1 unspecified atom stereocenters. The van der Waals surface area contributed by atoms with Crippen molar-refractivity contribution in [1.82, 2.24) is 0 Å². The molecule has 0 aliphatic heterocycles. The number of halogens is 1. The van der Waals surface area contributed by atoms with Gasteiger partial charge in [-0.15, -0.1) is 11.6 Å². The maximum Gasteiger partial charge on any atom is 0.317 e. The number of alkyl halides is 1. The SMILES string of the molecule is CCCCCCCCCCOC(=O)CC(=O)OCC(C)Cl. The first-order chi connectivity index (χ1) is 10.1. The van der Waals surface area contributed by atoms with E-state index >= 15 is 0 Å². The molecule has 0 saturated carbocycles. The van der Waals surface area contributed by atoms with Gasteiger partial charge in [0.15, 0.2) is 0 Å². The highest BCUT2D eigenvalue weighted by Crippen LogP contribution is 2.08. The minimum Gasteiger partial charge on any atom is -0.465 e. The number of ether oxygens (including phenoxy) is 2. The van der Waals surface area contributed by atoms with Crippen LogP contribution < -0.4 is 0 Å². The highest BCUT2D eigenvalue weighted by Gasteiger charge is 2.12. The van der Waals surface area contributed by atoms with Crippen LogP contribution in [0.25, 0.3) is 0 Å². The van der Waals surface area contributed by atoms with Crippen LogP contribution in [0.15, 0.2) is 0 Å². The van der Waals surface area contributed by atoms with Crippen molar-refractivity contribution in [2.45, 2.75) is 77.0 Å². The van der Waals surface area contributed by atoms with Crippen LogP contribution in [-0.4, -0.2) is 30.5 Å². The fraction of sp³-hybridized carbons (Fsp3) is 0.875. The van der Waals surface area contributed by atoms with Crippen LogP contribution in [0.1, 0.15) is 71.6 Å². The predicted molar refractivity (Wildman–Crippen MR) is 84.5 cm³/mol. The predicted octanol–water partition coefficient (Wildman–Crippen LogP) is 4.23. The molecule has 5 heteroatoms. The van der Waals surface area contributed by atoms with Gasteiger partial charge in [-0.3, -0.25) is 9.59 Å². The second kappa shape index (κ2) is 14.2. The van der Waals surface area contributed by atoms with Crippen LogP contribution in [0.5, 0.6) is 0 Å². The number of hydrogen-bond acceptors (Lipinski definition) is 4. The standard InChI is InChI=1S/C16H29ClO4/c1-3-4-5-6-7-8-9-10-11-20-15(18)12-16(19)21-13-14(2)17/h14H,3-13H2,1-2H3. The molecule has 0 heterocycles. The van der Waals surface area contributed by atoms with E-state index in [2.05, 4.69) is 6.92 Å². The summed E-state index contributed by atoms with van der Waals surface area (Å²) in [6.07, 6.45) is 9.20. The summed E-state index contributed by atoms with van der Waals surface area (Å²) < 4.78 is 9.79. The quantitative estimate of drug-likeness (QED) is 0.220. The van der Waals surface area contributed by atoms with Crippen molar-refractivity contribution in [2.24, 2.45) is 0 Å². The van der Waals surface area contributed by atoms with Gasteiger partial charge in [-0.25, -0.2) is 0 Å². The first-order valence-electron chi connectivity index (χ1n) is 8.01. The summed E-state index contributed by atoms with van der Waals surface area (Å²) >= 11 is 5.64. The van der Waals surface area contributed by atoms with Crippen LogP contribution in [0.3, 0.4) is 0 Å². The van der Waals surface area contributed by atoms with E-state index in [1.807, 2.05) is 0 Å². The summed E-state index contributed by atoms with van der Waals surface area (Å²) in [5.41, 5.74) is 0. The second-order valence-corrected chi connectivity index (χ2v) is 6.08. The largest absolute Gasteiger partial charge is 0.465 e. The lowest BCUT2D eigenvalue weighted by Crippen LogP contribution is -2.17. The smallest absolute Gasteiger partial charge is 0.317 e. The Balaban J connectivity index is 3.35. The first-order valence-corrected chi connectivity index (χ1v) is 8.45. The van der Waals surface area contributed by atoms with E-state index in [-0.39, 0.29) is 18.4 Å². The van der Waals surface area contributed by atoms with Crippen LogP contribution in [-0.2, 0) is 19.1 Å². The third-order valence-corrected chi connectivity index (χ3v) is 3.15. The Morgan fingerprint density at radius 1 is 0.905 bits per heavy atom. The minimum atomic E-state index is -0.580. The number of unbranched alkanes of at least 4 members (excludes halogenated alkanes) is 7. The average Bonchev–Trinajstić information content (AvgIpc) is 2.43. The molecule has 0 radical (unpaired) electrons. The van der Waals surface area contributed by atoms with Crippen molar-refractivity contribution in [3.63, 3.8) is 0 Å². The van der Waals surface area contributed by atoms with Crippen molar-refractivity contribution >= 4 is 23.5 Å². The molecule has 21 heavy (non-hydrogen) atoms. The summed E-state index contributed by atoms with van der Waals surface area (Å²) in [5, 5.41) is -0.248. The van der Waals surface area contributed by atoms with Gasteiger partial charge in [0, 0.05) is 0 Å². The Labute approximate surface area is 133 Å². The van der Waals surface area contributed by atoms with Gasteiger partial charge in [0.25, 0.3) is 0 Å². The van der Waals surface area contributed by atoms with Crippen molar-refractivity contribution in [3.8, 4) is 0 Å². The van der Waals surface area contributed by atoms with Gasteiger partial charge in [-0.1, -0.05) is 51.9 Å². The lowest BCUT2D eigenvalue weighted by molar-refractivity contribution is -0.154. The van der Waals surface area contributed by atoms with E-state index < -0.39 is 11.9 Å². The van der Waals surface area contributed by atoms with Crippen molar-refractivity contribution in [3.05, 3.63) is 0 Å². The molecule has 0 aromatic carbocycles. The molecule has 0 saturated heterocycles. The fourth-order valence-electron chi connectivity index (χ4n) is 1.85. The van der Waals surface area contributed by atoms with E-state index in [1.165, 1.54) is 38.5 Å². The lowest BCUT2D eigenvalue weighted by atomic mass is 10.1. The molecular formula is C16H29ClO4. The maximum absolute atomic E-state index is 11.3. The molecule has 124 valence electrons. The van der Waals surface area contributed by atoms with Gasteiger partial charge in [0.2, 0.25) is 0 Å². The molecular weight excluding hydrogens is 292 g/mol. The van der Waals surface area contributed by atoms with Gasteiger partial charge in [0.1, 0.15) is 13.0 Å². The Morgan fingerprint density at radius 2 is 1.43 bits per heavy atom. The summed E-state index contributed by atoms with van der Waals surface area (Å²) in [6.45, 7) is 4.43. The molecule has 0 fully saturated rings. The molecule has 0 N–H and O–H groups in total. The highest BCUT2D eigenvalue weighted by molar-refractivity contribution is 6.20. The zero-order valence-electron chi connectivity index (χ0n) is 13.4. The molecule has 0 rings (SSSR count). The molecule has 0 aliphatic rings. The maximum atomic E-state index is 11.3. The summed E-state index contributed by atoms with van der Waals surface area (Å²) in [4.78, 5) is 22.6. The van der Waals surface area contributed by atoms with E-state index in [1.54, 1.807) is 6.92 Å². The van der Waals surface area contributed by atoms with Crippen molar-refractivity contribution < 1.29 is 19.1 Å². The van der Waals surface area contributed by atoms with Crippen LogP contribution >= 0.6 is 11.6 Å². The summed E-state index contributed by atoms with van der Waals surface area (Å²) in [6, 6.07) is 0. The lowest BCUT2D eigenvalue weighted by Gasteiger charge is -2.06. The van der Waals surface area contributed by atoms with E-state index in [4.69, 9.17) is 21.1 Å². The van der Waals surface area contributed by atoms with Gasteiger partial charge in [0.05, 0.1) is 12.0 Å².